The van der Waals surface area contributed by atoms with Crippen molar-refractivity contribution in [1.82, 2.24) is 9.80 Å². The van der Waals surface area contributed by atoms with Crippen LogP contribution in [0.3, 0.4) is 0 Å². The van der Waals surface area contributed by atoms with Gasteiger partial charge in [-0.25, -0.2) is 0 Å². The molecule has 0 fully saturated rings. The van der Waals surface area contributed by atoms with Gasteiger partial charge in [-0.15, -0.1) is 0 Å². The first-order chi connectivity index (χ1) is 27.2. The number of methoxy groups -OCH3 is 4. The first kappa shape index (κ1) is 37.5. The van der Waals surface area contributed by atoms with Crippen molar-refractivity contribution in [3.8, 4) is 46.0 Å². The summed E-state index contributed by atoms with van der Waals surface area (Å²) in [7, 11) is 10.8. The van der Waals surface area contributed by atoms with E-state index < -0.39 is 0 Å². The standard InChI is InChI=1S/C45H46ClN3O7/c1-48-16-14-27-21-37(51-3)40-24-33(27)35(48)18-26-10-12-32(13-11-26)55-39-23-30(34(25-38(39)52-4)47-45(50)29-8-7-9-31(46)19-29)20-36-42-28(15-17-49(36)2)22-41(53-5)43(54-6)44(42)56-40/h7-13,19,21-25,35-36H,14-18,20H2,1-6H3,(H,47,50)/t35-,36-/m0/s1. The van der Waals surface area contributed by atoms with Gasteiger partial charge in [-0.3, -0.25) is 14.6 Å². The molecule has 0 radical (unpaired) electrons. The molecule has 6 bridgehead atoms. The van der Waals surface area contributed by atoms with Crippen LogP contribution in [0.5, 0.6) is 46.0 Å². The van der Waals surface area contributed by atoms with Crippen LogP contribution in [0.1, 0.15) is 55.8 Å². The fourth-order valence-corrected chi connectivity index (χ4v) is 8.47. The number of hydrogen-bond donors (Lipinski definition) is 1. The number of carbonyl (C=O) groups excluding carboxylic acids is 1. The Balaban J connectivity index is 1.35. The number of rotatable bonds is 6. The van der Waals surface area contributed by atoms with Crippen LogP contribution >= 0.6 is 11.6 Å². The molecule has 0 aromatic heterocycles. The maximum atomic E-state index is 13.8. The number of benzene rings is 5. The Kier molecular flexibility index (Phi) is 10.5. The summed E-state index contributed by atoms with van der Waals surface area (Å²) < 4.78 is 37.6. The molecule has 4 heterocycles. The predicted octanol–water partition coefficient (Wildman–Crippen LogP) is 9.07. The first-order valence-corrected chi connectivity index (χ1v) is 19.2. The summed E-state index contributed by atoms with van der Waals surface area (Å²) in [5.41, 5.74) is 7.49. The predicted molar refractivity (Wildman–Crippen MR) is 217 cm³/mol. The Morgan fingerprint density at radius 1 is 0.714 bits per heavy atom. The van der Waals surface area contributed by atoms with E-state index in [1.165, 1.54) is 16.7 Å². The van der Waals surface area contributed by atoms with Gasteiger partial charge in [0.15, 0.2) is 34.5 Å². The van der Waals surface area contributed by atoms with E-state index in [4.69, 9.17) is 40.0 Å². The second kappa shape index (κ2) is 15.6. The molecule has 1 amide bonds. The molecule has 10 nitrogen and oxygen atoms in total. The SMILES string of the molecule is COc1cc(NC(=O)c2cccc(Cl)c2)c2cc1Oc1ccc(cc1)C[C@H]1c3cc(c(OC)cc3CCN1C)Oc1c(OC)c(OC)cc3c1[C@H](C2)N(C)CC3. The summed E-state index contributed by atoms with van der Waals surface area (Å²) in [5.74, 6) is 4.24. The summed E-state index contributed by atoms with van der Waals surface area (Å²) in [4.78, 5) is 18.5. The lowest BCUT2D eigenvalue weighted by Crippen LogP contribution is -2.34. The molecule has 290 valence electrons. The van der Waals surface area contributed by atoms with Crippen LogP contribution in [0.25, 0.3) is 0 Å². The summed E-state index contributed by atoms with van der Waals surface area (Å²) in [5, 5.41) is 3.63. The van der Waals surface area contributed by atoms with Crippen LogP contribution in [0.4, 0.5) is 5.69 Å². The molecule has 9 rings (SSSR count). The third-order valence-corrected chi connectivity index (χ3v) is 11.6. The number of nitrogens with zero attached hydrogens (tertiary/aromatic N) is 2. The minimum absolute atomic E-state index is 0.106. The quantitative estimate of drug-likeness (QED) is 0.182. The first-order valence-electron chi connectivity index (χ1n) is 18.8. The lowest BCUT2D eigenvalue weighted by molar-refractivity contribution is 0.102. The highest BCUT2D eigenvalue weighted by Gasteiger charge is 2.35. The topological polar surface area (TPSA) is 91.0 Å². The largest absolute Gasteiger partial charge is 0.493 e. The van der Waals surface area contributed by atoms with E-state index in [1.54, 1.807) is 52.7 Å². The Morgan fingerprint density at radius 3 is 2.11 bits per heavy atom. The van der Waals surface area contributed by atoms with Gasteiger partial charge in [0, 0.05) is 53.1 Å². The molecule has 2 atom stereocenters. The van der Waals surface area contributed by atoms with E-state index in [1.807, 2.05) is 24.3 Å². The van der Waals surface area contributed by atoms with Crippen molar-refractivity contribution in [2.45, 2.75) is 37.8 Å². The second-order valence-electron chi connectivity index (χ2n) is 14.6. The van der Waals surface area contributed by atoms with Gasteiger partial charge in [-0.2, -0.15) is 0 Å². The van der Waals surface area contributed by atoms with Crippen LogP contribution in [0, 0.1) is 0 Å². The highest BCUT2D eigenvalue weighted by Crippen LogP contribution is 2.52. The van der Waals surface area contributed by atoms with Crippen molar-refractivity contribution in [3.63, 3.8) is 0 Å². The fraction of sp³-hybridized carbons (Fsp3) is 0.311. The van der Waals surface area contributed by atoms with Crippen LogP contribution in [0.15, 0.2) is 78.9 Å². The molecular formula is C45H46ClN3O7. The smallest absolute Gasteiger partial charge is 0.255 e. The number of anilines is 1. The molecule has 0 unspecified atom stereocenters. The Morgan fingerprint density at radius 2 is 1.39 bits per heavy atom. The normalized spacial score (nSPS) is 17.7. The van der Waals surface area contributed by atoms with Crippen LogP contribution in [-0.2, 0) is 25.7 Å². The van der Waals surface area contributed by atoms with E-state index in [0.29, 0.717) is 68.7 Å². The van der Waals surface area contributed by atoms with Gasteiger partial charge in [0.05, 0.1) is 28.4 Å². The van der Waals surface area contributed by atoms with Gasteiger partial charge in [0.1, 0.15) is 5.75 Å². The number of likely N-dealkylation sites (N-methyl/N-ethyl adjacent to an activating group) is 2. The van der Waals surface area contributed by atoms with E-state index in [2.05, 4.69) is 59.5 Å². The molecule has 56 heavy (non-hydrogen) atoms. The highest BCUT2D eigenvalue weighted by atomic mass is 35.5. The van der Waals surface area contributed by atoms with E-state index >= 15 is 0 Å². The zero-order valence-electron chi connectivity index (χ0n) is 32.5. The van der Waals surface area contributed by atoms with Crippen molar-refractivity contribution in [2.24, 2.45) is 0 Å². The van der Waals surface area contributed by atoms with Gasteiger partial charge in [-0.05, 0) is 122 Å². The fourth-order valence-electron chi connectivity index (χ4n) is 8.28. The molecule has 4 aliphatic rings. The van der Waals surface area contributed by atoms with Gasteiger partial charge in [0.25, 0.3) is 5.91 Å². The molecule has 1 N–H and O–H groups in total. The molecule has 5 aromatic rings. The van der Waals surface area contributed by atoms with Crippen LogP contribution in [0.2, 0.25) is 5.02 Å². The van der Waals surface area contributed by atoms with Crippen molar-refractivity contribution in [2.75, 3.05) is 60.9 Å². The minimum atomic E-state index is -0.300. The Hall–Kier alpha value is -5.42. The minimum Gasteiger partial charge on any atom is -0.493 e. The van der Waals surface area contributed by atoms with Gasteiger partial charge < -0.3 is 33.7 Å². The zero-order chi connectivity index (χ0) is 39.1. The van der Waals surface area contributed by atoms with E-state index in [9.17, 15) is 4.79 Å². The van der Waals surface area contributed by atoms with Gasteiger partial charge >= 0.3 is 0 Å². The zero-order valence-corrected chi connectivity index (χ0v) is 33.3. The number of hydrogen-bond acceptors (Lipinski definition) is 9. The average molecular weight is 776 g/mol. The maximum absolute atomic E-state index is 13.8. The molecule has 0 spiro atoms. The molecule has 0 saturated carbocycles. The van der Waals surface area contributed by atoms with Crippen molar-refractivity contribution in [3.05, 3.63) is 123 Å². The number of carbonyl (C=O) groups is 1. The number of ether oxygens (including phenoxy) is 6. The van der Waals surface area contributed by atoms with E-state index in [0.717, 1.165) is 49.0 Å². The summed E-state index contributed by atoms with van der Waals surface area (Å²) in [6, 6.07) is 25.1. The van der Waals surface area contributed by atoms with Gasteiger partial charge in [-0.1, -0.05) is 29.8 Å². The lowest BCUT2D eigenvalue weighted by Gasteiger charge is -2.37. The average Bonchev–Trinajstić information content (AvgIpc) is 3.20. The molecule has 0 aliphatic carbocycles. The summed E-state index contributed by atoms with van der Waals surface area (Å²) in [6.45, 7) is 1.70. The molecule has 11 heteroatoms. The van der Waals surface area contributed by atoms with Crippen molar-refractivity contribution in [1.29, 1.82) is 0 Å². The van der Waals surface area contributed by atoms with Crippen molar-refractivity contribution < 1.29 is 33.2 Å². The molecule has 4 aliphatic heterocycles. The lowest BCUT2D eigenvalue weighted by atomic mass is 9.86. The second-order valence-corrected chi connectivity index (χ2v) is 15.0. The summed E-state index contributed by atoms with van der Waals surface area (Å²) >= 11 is 6.29. The maximum Gasteiger partial charge on any atom is 0.255 e. The van der Waals surface area contributed by atoms with Gasteiger partial charge in [0.2, 0.25) is 5.75 Å². The highest BCUT2D eigenvalue weighted by molar-refractivity contribution is 6.31. The van der Waals surface area contributed by atoms with Crippen LogP contribution < -0.4 is 33.7 Å². The number of amides is 1. The number of fused-ring (bicyclic) bond motifs is 2. The van der Waals surface area contributed by atoms with Crippen LogP contribution in [-0.4, -0.2) is 71.3 Å². The third kappa shape index (κ3) is 7.09. The summed E-state index contributed by atoms with van der Waals surface area (Å²) in [6.07, 6.45) is 2.91. The Bertz CT molecular complexity index is 2300. The Labute approximate surface area is 332 Å². The third-order valence-electron chi connectivity index (χ3n) is 11.3. The van der Waals surface area contributed by atoms with E-state index in [-0.39, 0.29) is 18.0 Å². The van der Waals surface area contributed by atoms with Crippen molar-refractivity contribution >= 4 is 23.2 Å². The molecular weight excluding hydrogens is 730 g/mol. The number of halogens is 1. The molecule has 5 aromatic carbocycles. The molecule has 0 saturated heterocycles. The monoisotopic (exact) mass is 775 g/mol. The number of nitrogens with one attached hydrogen (secondary N) is 1.